The van der Waals surface area contributed by atoms with E-state index in [0.29, 0.717) is 0 Å². The van der Waals surface area contributed by atoms with Gasteiger partial charge in [-0.1, -0.05) is 6.07 Å². The van der Waals surface area contributed by atoms with E-state index in [-0.39, 0.29) is 0 Å². The number of aryl methyl sites for hydroxylation is 2. The van der Waals surface area contributed by atoms with Gasteiger partial charge in [0.2, 0.25) is 0 Å². The summed E-state index contributed by atoms with van der Waals surface area (Å²) in [7, 11) is 1.95. The van der Waals surface area contributed by atoms with Crippen LogP contribution >= 0.6 is 0 Å². The van der Waals surface area contributed by atoms with Crippen LogP contribution in [0.1, 0.15) is 11.1 Å². The Hall–Kier alpha value is -2.10. The molecule has 0 amide bonds. The van der Waals surface area contributed by atoms with Crippen molar-refractivity contribution in [3.63, 3.8) is 0 Å². The molecule has 0 saturated heterocycles. The lowest BCUT2D eigenvalue weighted by molar-refractivity contribution is 0.687. The van der Waals surface area contributed by atoms with Gasteiger partial charge >= 0.3 is 0 Å². The van der Waals surface area contributed by atoms with E-state index in [1.54, 1.807) is 6.20 Å². The van der Waals surface area contributed by atoms with E-state index >= 15 is 0 Å². The van der Waals surface area contributed by atoms with Gasteiger partial charge in [0.05, 0.1) is 12.1 Å². The molecule has 1 aromatic carbocycles. The summed E-state index contributed by atoms with van der Waals surface area (Å²) in [5.41, 5.74) is 3.53. The molecule has 86 valence electrons. The Morgan fingerprint density at radius 1 is 1.29 bits per heavy atom. The monoisotopic (exact) mass is 226 g/mol. The van der Waals surface area contributed by atoms with Crippen LogP contribution in [0.2, 0.25) is 0 Å². The zero-order valence-electron chi connectivity index (χ0n) is 9.96. The van der Waals surface area contributed by atoms with E-state index in [1.165, 1.54) is 16.5 Å². The molecule has 4 nitrogen and oxygen atoms in total. The van der Waals surface area contributed by atoms with Gasteiger partial charge in [-0.05, 0) is 24.6 Å². The van der Waals surface area contributed by atoms with Gasteiger partial charge in [-0.3, -0.25) is 9.36 Å². The fourth-order valence-electron chi connectivity index (χ4n) is 2.18. The zero-order valence-corrected chi connectivity index (χ0v) is 9.96. The van der Waals surface area contributed by atoms with Crippen LogP contribution in [0.15, 0.2) is 36.8 Å². The van der Waals surface area contributed by atoms with Crippen molar-refractivity contribution in [2.75, 3.05) is 0 Å². The van der Waals surface area contributed by atoms with E-state index in [9.17, 15) is 0 Å². The van der Waals surface area contributed by atoms with Crippen LogP contribution in [0.3, 0.4) is 0 Å². The predicted octanol–water partition coefficient (Wildman–Crippen LogP) is 2.13. The largest absolute Gasteiger partial charge is 0.275 e. The van der Waals surface area contributed by atoms with E-state index in [0.717, 1.165) is 12.1 Å². The lowest BCUT2D eigenvalue weighted by Gasteiger charge is -2.04. The van der Waals surface area contributed by atoms with Gasteiger partial charge in [-0.15, -0.1) is 0 Å². The first-order valence-electron chi connectivity index (χ1n) is 5.63. The fourth-order valence-corrected chi connectivity index (χ4v) is 2.18. The maximum Gasteiger partial charge on any atom is 0.0974 e. The Labute approximate surface area is 99.5 Å². The molecule has 0 unspecified atom stereocenters. The van der Waals surface area contributed by atoms with Gasteiger partial charge in [-0.2, -0.15) is 10.2 Å². The van der Waals surface area contributed by atoms with Crippen molar-refractivity contribution in [3.8, 4) is 0 Å². The Morgan fingerprint density at radius 2 is 2.18 bits per heavy atom. The average molecular weight is 226 g/mol. The Balaban J connectivity index is 2.14. The van der Waals surface area contributed by atoms with Crippen molar-refractivity contribution in [3.05, 3.63) is 47.9 Å². The Bertz CT molecular complexity index is 649. The second-order valence-corrected chi connectivity index (χ2v) is 4.37. The van der Waals surface area contributed by atoms with Gasteiger partial charge < -0.3 is 0 Å². The highest BCUT2D eigenvalue weighted by Crippen LogP contribution is 2.20. The average Bonchev–Trinajstić information content (AvgIpc) is 2.86. The molecule has 3 rings (SSSR count). The van der Waals surface area contributed by atoms with Crippen LogP contribution < -0.4 is 0 Å². The highest BCUT2D eigenvalue weighted by atomic mass is 15.3. The normalized spacial score (nSPS) is 11.2. The van der Waals surface area contributed by atoms with Crippen molar-refractivity contribution < 1.29 is 0 Å². The summed E-state index contributed by atoms with van der Waals surface area (Å²) in [5.74, 6) is 0. The van der Waals surface area contributed by atoms with Crippen molar-refractivity contribution in [2.24, 2.45) is 7.05 Å². The van der Waals surface area contributed by atoms with E-state index in [1.807, 2.05) is 28.7 Å². The minimum absolute atomic E-state index is 0.766. The van der Waals surface area contributed by atoms with Gasteiger partial charge in [0.25, 0.3) is 0 Å². The molecule has 0 atom stereocenters. The summed E-state index contributed by atoms with van der Waals surface area (Å²) in [6.07, 6.45) is 5.82. The summed E-state index contributed by atoms with van der Waals surface area (Å²) >= 11 is 0. The highest BCUT2D eigenvalue weighted by molar-refractivity contribution is 5.82. The molecule has 2 aromatic heterocycles. The molecule has 17 heavy (non-hydrogen) atoms. The van der Waals surface area contributed by atoms with Gasteiger partial charge in [0.15, 0.2) is 0 Å². The maximum atomic E-state index is 4.51. The zero-order chi connectivity index (χ0) is 11.8. The summed E-state index contributed by atoms with van der Waals surface area (Å²) in [4.78, 5) is 0. The Kier molecular flexibility index (Phi) is 2.21. The first-order chi connectivity index (χ1) is 8.22. The molecule has 3 aromatic rings. The Morgan fingerprint density at radius 3 is 2.94 bits per heavy atom. The number of fused-ring (bicyclic) bond motifs is 1. The fraction of sp³-hybridized carbons (Fsp3) is 0.231. The van der Waals surface area contributed by atoms with Gasteiger partial charge in [-0.25, -0.2) is 0 Å². The first kappa shape index (κ1) is 10.1. The third-order valence-electron chi connectivity index (χ3n) is 2.84. The summed E-state index contributed by atoms with van der Waals surface area (Å²) < 4.78 is 3.78. The molecule has 0 saturated carbocycles. The highest BCUT2D eigenvalue weighted by Gasteiger charge is 2.07. The SMILES string of the molecule is Cc1cc(Cn2cccn2)c2nn(C)cc2c1. The molecular formula is C13H14N4. The molecule has 2 heterocycles. The third-order valence-corrected chi connectivity index (χ3v) is 2.84. The van der Waals surface area contributed by atoms with E-state index < -0.39 is 0 Å². The summed E-state index contributed by atoms with van der Waals surface area (Å²) in [5, 5.41) is 9.94. The van der Waals surface area contributed by atoms with Crippen LogP contribution in [0.25, 0.3) is 10.9 Å². The molecule has 4 heteroatoms. The molecule has 0 aliphatic heterocycles. The second-order valence-electron chi connectivity index (χ2n) is 4.37. The number of rotatable bonds is 2. The number of hydrogen-bond donors (Lipinski definition) is 0. The number of benzene rings is 1. The van der Waals surface area contributed by atoms with Gasteiger partial charge in [0, 0.05) is 36.6 Å². The number of hydrogen-bond acceptors (Lipinski definition) is 2. The molecule has 0 fully saturated rings. The molecule has 0 spiro atoms. The van der Waals surface area contributed by atoms with Crippen LogP contribution in [-0.2, 0) is 13.6 Å². The number of aromatic nitrogens is 4. The van der Waals surface area contributed by atoms with Crippen LogP contribution in [0, 0.1) is 6.92 Å². The molecule has 0 bridgehead atoms. The summed E-state index contributed by atoms with van der Waals surface area (Å²) in [6, 6.07) is 6.28. The third kappa shape index (κ3) is 1.82. The topological polar surface area (TPSA) is 35.6 Å². The maximum absolute atomic E-state index is 4.51. The first-order valence-corrected chi connectivity index (χ1v) is 5.63. The quantitative estimate of drug-likeness (QED) is 0.671. The van der Waals surface area contributed by atoms with Crippen LogP contribution in [0.4, 0.5) is 0 Å². The lowest BCUT2D eigenvalue weighted by atomic mass is 10.1. The summed E-state index contributed by atoms with van der Waals surface area (Å²) in [6.45, 7) is 2.88. The standard InChI is InChI=1S/C13H14N4/c1-10-6-11-8-16(2)15-13(11)12(7-10)9-17-5-3-4-14-17/h3-8H,9H2,1-2H3. The number of nitrogens with zero attached hydrogens (tertiary/aromatic N) is 4. The van der Waals surface area contributed by atoms with Crippen LogP contribution in [0.5, 0.6) is 0 Å². The molecule has 0 aliphatic rings. The molecular weight excluding hydrogens is 212 g/mol. The van der Waals surface area contributed by atoms with Gasteiger partial charge in [0.1, 0.15) is 0 Å². The van der Waals surface area contributed by atoms with Crippen molar-refractivity contribution in [1.82, 2.24) is 19.6 Å². The van der Waals surface area contributed by atoms with Crippen molar-refractivity contribution in [2.45, 2.75) is 13.5 Å². The minimum atomic E-state index is 0.766. The minimum Gasteiger partial charge on any atom is -0.275 e. The molecule has 0 radical (unpaired) electrons. The second kappa shape index (κ2) is 3.73. The smallest absolute Gasteiger partial charge is 0.0974 e. The van der Waals surface area contributed by atoms with Crippen molar-refractivity contribution >= 4 is 10.9 Å². The van der Waals surface area contributed by atoms with Crippen molar-refractivity contribution in [1.29, 1.82) is 0 Å². The van der Waals surface area contributed by atoms with E-state index in [2.05, 4.69) is 35.5 Å². The van der Waals surface area contributed by atoms with E-state index in [4.69, 9.17) is 0 Å². The van der Waals surface area contributed by atoms with Crippen LogP contribution in [-0.4, -0.2) is 19.6 Å². The molecule has 0 N–H and O–H groups in total. The lowest BCUT2D eigenvalue weighted by Crippen LogP contribution is -2.01. The predicted molar refractivity (Wildman–Crippen MR) is 66.8 cm³/mol. The molecule has 0 aliphatic carbocycles.